The molecule has 244 valence electrons. The molecule has 3 aromatic carbocycles. The predicted molar refractivity (Wildman–Crippen MR) is 176 cm³/mol. The molecule has 11 heteroatoms. The van der Waals surface area contributed by atoms with Crippen LogP contribution in [-0.4, -0.2) is 61.8 Å². The fourth-order valence-corrected chi connectivity index (χ4v) is 7.54. The summed E-state index contributed by atoms with van der Waals surface area (Å²) in [4.78, 5) is 43.2. The fraction of sp³-hybridized carbons (Fsp3) is 0.400. The molecule has 0 saturated carbocycles. The van der Waals surface area contributed by atoms with Crippen molar-refractivity contribution >= 4 is 27.7 Å². The first-order valence-electron chi connectivity index (χ1n) is 15.9. The molecular formula is C35H43N5O5S. The number of carbonyl (C=O) groups is 3. The van der Waals surface area contributed by atoms with Crippen LogP contribution >= 0.6 is 0 Å². The molecule has 5 N–H and O–H groups in total. The average molecular weight is 646 g/mol. The van der Waals surface area contributed by atoms with Crippen molar-refractivity contribution in [3.05, 3.63) is 102 Å². The number of nitrogens with zero attached hydrogens (tertiary/aromatic N) is 1. The Morgan fingerprint density at radius 1 is 0.891 bits per heavy atom. The van der Waals surface area contributed by atoms with E-state index >= 15 is 0 Å². The van der Waals surface area contributed by atoms with E-state index in [-0.39, 0.29) is 23.4 Å². The highest BCUT2D eigenvalue weighted by Crippen LogP contribution is 2.35. The molecule has 10 nitrogen and oxygen atoms in total. The highest BCUT2D eigenvalue weighted by Gasteiger charge is 2.48. The summed E-state index contributed by atoms with van der Waals surface area (Å²) in [6.45, 7) is 3.59. The van der Waals surface area contributed by atoms with Crippen molar-refractivity contribution in [1.82, 2.24) is 20.3 Å². The van der Waals surface area contributed by atoms with Gasteiger partial charge in [-0.3, -0.25) is 14.4 Å². The van der Waals surface area contributed by atoms with E-state index in [4.69, 9.17) is 5.73 Å². The fourth-order valence-electron chi connectivity index (χ4n) is 6.44. The first-order valence-corrected chi connectivity index (χ1v) is 17.4. The van der Waals surface area contributed by atoms with Crippen LogP contribution in [0.3, 0.4) is 0 Å². The van der Waals surface area contributed by atoms with Crippen molar-refractivity contribution in [2.75, 3.05) is 6.54 Å². The van der Waals surface area contributed by atoms with Crippen LogP contribution in [0.4, 0.5) is 0 Å². The average Bonchev–Trinajstić information content (AvgIpc) is 3.45. The zero-order chi connectivity index (χ0) is 32.8. The number of amides is 3. The van der Waals surface area contributed by atoms with Gasteiger partial charge in [0.2, 0.25) is 27.7 Å². The molecule has 5 rings (SSSR count). The van der Waals surface area contributed by atoms with Gasteiger partial charge in [0.15, 0.2) is 0 Å². The lowest BCUT2D eigenvalue weighted by Crippen LogP contribution is -2.59. The minimum atomic E-state index is -3.86. The van der Waals surface area contributed by atoms with Gasteiger partial charge in [-0.1, -0.05) is 85.3 Å². The molecule has 46 heavy (non-hydrogen) atoms. The predicted octanol–water partition coefficient (Wildman–Crippen LogP) is 3.17. The Morgan fingerprint density at radius 3 is 2.07 bits per heavy atom. The van der Waals surface area contributed by atoms with E-state index in [1.807, 2.05) is 67.6 Å². The Morgan fingerprint density at radius 2 is 1.48 bits per heavy atom. The second-order valence-electron chi connectivity index (χ2n) is 12.3. The van der Waals surface area contributed by atoms with Crippen LogP contribution in [0.25, 0.3) is 0 Å². The van der Waals surface area contributed by atoms with Crippen LogP contribution in [0, 0.1) is 12.8 Å². The van der Waals surface area contributed by atoms with Gasteiger partial charge in [0.05, 0.1) is 17.0 Å². The third kappa shape index (κ3) is 7.49. The van der Waals surface area contributed by atoms with Crippen molar-refractivity contribution in [2.45, 2.75) is 81.1 Å². The highest BCUT2D eigenvalue weighted by atomic mass is 32.2. The molecule has 2 aliphatic rings. The van der Waals surface area contributed by atoms with Gasteiger partial charge in [0, 0.05) is 18.5 Å². The van der Waals surface area contributed by atoms with E-state index in [1.54, 1.807) is 24.0 Å². The summed E-state index contributed by atoms with van der Waals surface area (Å²) in [5.41, 5.74) is 8.79. The van der Waals surface area contributed by atoms with Gasteiger partial charge in [-0.25, -0.2) is 13.1 Å². The lowest BCUT2D eigenvalue weighted by molar-refractivity contribution is -0.143. The van der Waals surface area contributed by atoms with Gasteiger partial charge >= 0.3 is 0 Å². The van der Waals surface area contributed by atoms with E-state index in [0.717, 1.165) is 16.7 Å². The lowest BCUT2D eigenvalue weighted by atomic mass is 9.93. The third-order valence-corrected chi connectivity index (χ3v) is 10.6. The van der Waals surface area contributed by atoms with Crippen LogP contribution in [0.5, 0.6) is 0 Å². The van der Waals surface area contributed by atoms with Gasteiger partial charge in [-0.05, 0) is 62.3 Å². The molecule has 0 spiro atoms. The van der Waals surface area contributed by atoms with Crippen molar-refractivity contribution < 1.29 is 22.8 Å². The van der Waals surface area contributed by atoms with Gasteiger partial charge in [-0.2, -0.15) is 0 Å². The molecule has 0 bridgehead atoms. The summed E-state index contributed by atoms with van der Waals surface area (Å²) >= 11 is 0. The van der Waals surface area contributed by atoms with Crippen molar-refractivity contribution in [3.63, 3.8) is 0 Å². The molecule has 0 radical (unpaired) electrons. The van der Waals surface area contributed by atoms with E-state index in [9.17, 15) is 22.8 Å². The van der Waals surface area contributed by atoms with Crippen molar-refractivity contribution in [2.24, 2.45) is 11.7 Å². The Labute approximate surface area is 271 Å². The number of benzene rings is 3. The third-order valence-electron chi connectivity index (χ3n) is 9.16. The number of rotatable bonds is 11. The summed E-state index contributed by atoms with van der Waals surface area (Å²) in [7, 11) is -3.86. The number of fused-ring (bicyclic) bond motifs is 1. The highest BCUT2D eigenvalue weighted by molar-refractivity contribution is 7.89. The lowest BCUT2D eigenvalue weighted by Gasteiger charge is -2.33. The molecule has 3 amide bonds. The Hall–Kier alpha value is -4.06. The molecule has 0 aromatic heterocycles. The maximum absolute atomic E-state index is 14.4. The molecule has 2 fully saturated rings. The van der Waals surface area contributed by atoms with E-state index in [1.165, 1.54) is 12.1 Å². The molecule has 2 saturated heterocycles. The van der Waals surface area contributed by atoms with Crippen LogP contribution in [0.2, 0.25) is 0 Å². The quantitative estimate of drug-likeness (QED) is 0.252. The molecule has 0 unspecified atom stereocenters. The van der Waals surface area contributed by atoms with E-state index in [0.29, 0.717) is 32.1 Å². The summed E-state index contributed by atoms with van der Waals surface area (Å²) < 4.78 is 28.9. The van der Waals surface area contributed by atoms with Crippen LogP contribution in [0.15, 0.2) is 89.8 Å². The maximum atomic E-state index is 14.4. The molecule has 3 aromatic rings. The second-order valence-corrected chi connectivity index (χ2v) is 14.0. The van der Waals surface area contributed by atoms with Gasteiger partial charge in [-0.15, -0.1) is 0 Å². The Bertz CT molecular complexity index is 1580. The van der Waals surface area contributed by atoms with Crippen LogP contribution < -0.4 is 21.1 Å². The van der Waals surface area contributed by atoms with Gasteiger partial charge in [0.25, 0.3) is 0 Å². The Balaban J connectivity index is 1.39. The van der Waals surface area contributed by atoms with E-state index in [2.05, 4.69) is 15.4 Å². The van der Waals surface area contributed by atoms with Crippen molar-refractivity contribution in [3.8, 4) is 0 Å². The monoisotopic (exact) mass is 645 g/mol. The summed E-state index contributed by atoms with van der Waals surface area (Å²) in [6.07, 6.45) is 2.52. The first-order chi connectivity index (χ1) is 22.1. The molecule has 2 aliphatic heterocycles. The zero-order valence-electron chi connectivity index (χ0n) is 26.3. The largest absolute Gasteiger partial charge is 0.343 e. The topological polar surface area (TPSA) is 151 Å². The number of aryl methyl sites for hydroxylation is 1. The van der Waals surface area contributed by atoms with Crippen LogP contribution in [-0.2, 0) is 24.4 Å². The summed E-state index contributed by atoms with van der Waals surface area (Å²) in [5, 5.41) is 6.03. The first kappa shape index (κ1) is 33.3. The number of hydrogen-bond acceptors (Lipinski definition) is 6. The van der Waals surface area contributed by atoms with Crippen LogP contribution in [0.1, 0.15) is 61.8 Å². The maximum Gasteiger partial charge on any atom is 0.246 e. The Kier molecular flexibility index (Phi) is 10.6. The second kappa shape index (κ2) is 14.6. The SMILES string of the molecule is CC[C@H](N)C(=O)N[C@@H]1C(=O)N2[C@@H](CC[C@@H]1CNS(=O)(=O)c1ccc(C)cc1)CC[C@H]2C(=O)NC(c1ccccc1)c1ccccc1. The smallest absolute Gasteiger partial charge is 0.246 e. The molecular weight excluding hydrogens is 602 g/mol. The van der Waals surface area contributed by atoms with Gasteiger partial charge < -0.3 is 21.3 Å². The molecule has 5 atom stereocenters. The van der Waals surface area contributed by atoms with Gasteiger partial charge in [0.1, 0.15) is 12.1 Å². The number of nitrogens with one attached hydrogen (secondary N) is 3. The number of carbonyl (C=O) groups excluding carboxylic acids is 3. The summed E-state index contributed by atoms with van der Waals surface area (Å²) in [6, 6.07) is 22.6. The number of sulfonamides is 1. The minimum absolute atomic E-state index is 0.0598. The van der Waals surface area contributed by atoms with Crippen molar-refractivity contribution in [1.29, 1.82) is 0 Å². The zero-order valence-corrected chi connectivity index (χ0v) is 27.1. The number of hydrogen-bond donors (Lipinski definition) is 4. The minimum Gasteiger partial charge on any atom is -0.343 e. The van der Waals surface area contributed by atoms with E-state index < -0.39 is 51.9 Å². The summed E-state index contributed by atoms with van der Waals surface area (Å²) in [5.74, 6) is -1.70. The normalized spacial score (nSPS) is 22.2. The number of nitrogens with two attached hydrogens (primary N) is 1. The standard InChI is InChI=1S/C35H43N5O5S/c1-3-29(36)33(41)39-32-26(22-37-46(44,45)28-19-14-23(2)15-20-28)16-17-27-18-21-30(40(27)35(32)43)34(42)38-31(24-10-6-4-7-11-24)25-12-8-5-9-13-25/h4-15,19-20,26-27,29-32,37H,3,16-18,21-22,36H2,1-2H3,(H,38,42)(H,39,41)/t26-,27+,29+,30+,32+/m1/s1. The molecule has 2 heterocycles. The molecule has 0 aliphatic carbocycles.